The average molecular weight is 552 g/mol. The molecular formula is C27H29N5O6S. The van der Waals surface area contributed by atoms with Crippen molar-refractivity contribution >= 4 is 22.8 Å². The molecule has 39 heavy (non-hydrogen) atoms. The van der Waals surface area contributed by atoms with Gasteiger partial charge in [-0.15, -0.1) is 5.10 Å². The summed E-state index contributed by atoms with van der Waals surface area (Å²) in [6.07, 6.45) is -0.0718. The van der Waals surface area contributed by atoms with Crippen LogP contribution >= 0.6 is 11.7 Å². The molecule has 0 N–H and O–H groups in total. The first-order valence-electron chi connectivity index (χ1n) is 12.9. The Morgan fingerprint density at radius 3 is 2.28 bits per heavy atom. The summed E-state index contributed by atoms with van der Waals surface area (Å²) in [5, 5.41) is 8.86. The summed E-state index contributed by atoms with van der Waals surface area (Å²) in [5.74, 6) is -0.724. The van der Waals surface area contributed by atoms with E-state index < -0.39 is 17.9 Å². The SMILES string of the molecule is COc1ccc(-c2ccc(-c3cn(C[C@H]4O[C@@H]5OC(C)(C)O[C@@H]5[C@H]5OC(C)(C)O[C@H]54)nn3)c3nsnc23)cc1. The Morgan fingerprint density at radius 1 is 0.846 bits per heavy atom. The van der Waals surface area contributed by atoms with Gasteiger partial charge < -0.3 is 28.4 Å². The number of fused-ring (bicyclic) bond motifs is 4. The van der Waals surface area contributed by atoms with E-state index in [9.17, 15) is 0 Å². The molecular weight excluding hydrogens is 522 g/mol. The van der Waals surface area contributed by atoms with Gasteiger partial charge in [-0.1, -0.05) is 23.4 Å². The molecule has 3 saturated heterocycles. The molecule has 12 heteroatoms. The quantitative estimate of drug-likeness (QED) is 0.360. The van der Waals surface area contributed by atoms with Gasteiger partial charge in [-0.25, -0.2) is 4.68 Å². The van der Waals surface area contributed by atoms with Crippen LogP contribution in [-0.4, -0.2) is 73.1 Å². The van der Waals surface area contributed by atoms with Crippen molar-refractivity contribution in [2.75, 3.05) is 7.11 Å². The molecule has 5 atom stereocenters. The Bertz CT molecular complexity index is 1520. The third-order valence-electron chi connectivity index (χ3n) is 7.25. The van der Waals surface area contributed by atoms with Crippen molar-refractivity contribution in [3.8, 4) is 28.1 Å². The smallest absolute Gasteiger partial charge is 0.190 e. The van der Waals surface area contributed by atoms with Crippen LogP contribution in [0.15, 0.2) is 42.6 Å². The van der Waals surface area contributed by atoms with E-state index >= 15 is 0 Å². The van der Waals surface area contributed by atoms with Gasteiger partial charge in [0, 0.05) is 11.1 Å². The topological polar surface area (TPSA) is 112 Å². The first kappa shape index (κ1) is 25.0. The maximum absolute atomic E-state index is 6.34. The van der Waals surface area contributed by atoms with E-state index in [0.29, 0.717) is 12.2 Å². The lowest BCUT2D eigenvalue weighted by atomic mass is 9.99. The number of hydrogen-bond acceptors (Lipinski definition) is 11. The van der Waals surface area contributed by atoms with Crippen molar-refractivity contribution < 1.29 is 28.4 Å². The molecule has 4 aromatic rings. The van der Waals surface area contributed by atoms with Gasteiger partial charge >= 0.3 is 0 Å². The van der Waals surface area contributed by atoms with E-state index in [0.717, 1.165) is 33.5 Å². The molecule has 2 aromatic heterocycles. The second-order valence-electron chi connectivity index (χ2n) is 10.9. The molecule has 0 aliphatic carbocycles. The summed E-state index contributed by atoms with van der Waals surface area (Å²) >= 11 is 1.18. The highest BCUT2D eigenvalue weighted by atomic mass is 32.1. The van der Waals surface area contributed by atoms with Crippen LogP contribution in [0.1, 0.15) is 27.7 Å². The van der Waals surface area contributed by atoms with Gasteiger partial charge in [0.25, 0.3) is 0 Å². The van der Waals surface area contributed by atoms with Crippen molar-refractivity contribution in [2.24, 2.45) is 0 Å². The zero-order chi connectivity index (χ0) is 26.9. The molecule has 5 heterocycles. The maximum atomic E-state index is 6.34. The largest absolute Gasteiger partial charge is 0.497 e. The Morgan fingerprint density at radius 2 is 1.51 bits per heavy atom. The predicted octanol–water partition coefficient (Wildman–Crippen LogP) is 4.02. The Balaban J connectivity index is 1.16. The number of ether oxygens (including phenoxy) is 6. The lowest BCUT2D eigenvalue weighted by Gasteiger charge is -2.37. The van der Waals surface area contributed by atoms with E-state index in [4.69, 9.17) is 28.4 Å². The number of benzene rings is 2. The third-order valence-corrected chi connectivity index (χ3v) is 7.78. The van der Waals surface area contributed by atoms with E-state index in [-0.39, 0.29) is 24.4 Å². The van der Waals surface area contributed by atoms with Crippen molar-refractivity contribution in [3.05, 3.63) is 42.6 Å². The summed E-state index contributed by atoms with van der Waals surface area (Å²) in [5.41, 5.74) is 5.20. The molecule has 0 spiro atoms. The van der Waals surface area contributed by atoms with Crippen LogP contribution in [0, 0.1) is 0 Å². The molecule has 0 amide bonds. The number of methoxy groups -OCH3 is 1. The normalized spacial score (nSPS) is 28.9. The monoisotopic (exact) mass is 551 g/mol. The molecule has 11 nitrogen and oxygen atoms in total. The summed E-state index contributed by atoms with van der Waals surface area (Å²) in [6, 6.07) is 12.0. The zero-order valence-electron chi connectivity index (χ0n) is 22.2. The van der Waals surface area contributed by atoms with E-state index in [2.05, 4.69) is 19.1 Å². The van der Waals surface area contributed by atoms with Gasteiger partial charge in [0.2, 0.25) is 0 Å². The summed E-state index contributed by atoms with van der Waals surface area (Å²) in [7, 11) is 1.65. The Hall–Kier alpha value is -3.00. The molecule has 0 saturated carbocycles. The minimum Gasteiger partial charge on any atom is -0.497 e. The standard InChI is InChI=1S/C27H29N5O6S/c1-26(2)35-22-19(34-25-24(23(22)36-26)37-27(3,4)38-25)13-32-12-18(28-31-32)17-11-10-16(20-21(17)30-39-29-20)14-6-8-15(33-5)9-7-14/h6-12,19,22-25H,13H2,1-5H3/t19-,22+,23+,24-,25-/m1/s1. The van der Waals surface area contributed by atoms with Crippen molar-refractivity contribution in [1.82, 2.24) is 23.7 Å². The van der Waals surface area contributed by atoms with Crippen LogP contribution in [-0.2, 0) is 30.2 Å². The van der Waals surface area contributed by atoms with Crippen LogP contribution in [0.3, 0.4) is 0 Å². The number of nitrogens with zero attached hydrogens (tertiary/aromatic N) is 5. The fourth-order valence-electron chi connectivity index (χ4n) is 5.61. The van der Waals surface area contributed by atoms with E-state index in [1.807, 2.05) is 70.3 Å². The molecule has 2 aromatic carbocycles. The van der Waals surface area contributed by atoms with Crippen LogP contribution in [0.5, 0.6) is 5.75 Å². The van der Waals surface area contributed by atoms with Crippen LogP contribution in [0.4, 0.5) is 0 Å². The van der Waals surface area contributed by atoms with Gasteiger partial charge in [-0.05, 0) is 51.5 Å². The van der Waals surface area contributed by atoms with E-state index in [1.54, 1.807) is 11.8 Å². The van der Waals surface area contributed by atoms with Gasteiger partial charge in [0.05, 0.1) is 31.6 Å². The fourth-order valence-corrected chi connectivity index (χ4v) is 6.19. The minimum atomic E-state index is -0.768. The third kappa shape index (κ3) is 4.41. The van der Waals surface area contributed by atoms with Crippen molar-refractivity contribution in [1.29, 1.82) is 0 Å². The van der Waals surface area contributed by atoms with E-state index in [1.165, 1.54) is 11.7 Å². The Labute approximate surface area is 229 Å². The molecule has 7 rings (SSSR count). The number of rotatable bonds is 5. The molecule has 3 aliphatic rings. The minimum absolute atomic E-state index is 0.320. The van der Waals surface area contributed by atoms with Gasteiger partial charge in [0.1, 0.15) is 46.9 Å². The predicted molar refractivity (Wildman–Crippen MR) is 141 cm³/mol. The summed E-state index contributed by atoms with van der Waals surface area (Å²) < 4.78 is 47.2. The first-order chi connectivity index (χ1) is 18.7. The number of aromatic nitrogens is 5. The zero-order valence-corrected chi connectivity index (χ0v) is 23.0. The lowest BCUT2D eigenvalue weighted by Crippen LogP contribution is -2.56. The van der Waals surface area contributed by atoms with Crippen molar-refractivity contribution in [2.45, 2.75) is 76.5 Å². The maximum Gasteiger partial charge on any atom is 0.190 e. The second-order valence-corrected chi connectivity index (χ2v) is 11.4. The van der Waals surface area contributed by atoms with Crippen molar-refractivity contribution in [3.63, 3.8) is 0 Å². The summed E-state index contributed by atoms with van der Waals surface area (Å²) in [4.78, 5) is 0. The van der Waals surface area contributed by atoms with Gasteiger partial charge in [-0.3, -0.25) is 0 Å². The second kappa shape index (κ2) is 9.01. The summed E-state index contributed by atoms with van der Waals surface area (Å²) in [6.45, 7) is 7.95. The molecule has 0 bridgehead atoms. The molecule has 3 aliphatic heterocycles. The highest BCUT2D eigenvalue weighted by Crippen LogP contribution is 2.44. The highest BCUT2D eigenvalue weighted by molar-refractivity contribution is 7.00. The van der Waals surface area contributed by atoms with Gasteiger partial charge in [0.15, 0.2) is 17.9 Å². The molecule has 0 unspecified atom stereocenters. The van der Waals surface area contributed by atoms with Gasteiger partial charge in [-0.2, -0.15) is 8.75 Å². The highest BCUT2D eigenvalue weighted by Gasteiger charge is 2.60. The fraction of sp³-hybridized carbons (Fsp3) is 0.481. The lowest BCUT2D eigenvalue weighted by molar-refractivity contribution is -0.236. The first-order valence-corrected chi connectivity index (χ1v) is 13.6. The molecule has 3 fully saturated rings. The van der Waals surface area contributed by atoms with Crippen LogP contribution in [0.25, 0.3) is 33.4 Å². The Kier molecular flexibility index (Phi) is 5.78. The molecule has 0 radical (unpaired) electrons. The number of hydrogen-bond donors (Lipinski definition) is 0. The molecule has 204 valence electrons. The average Bonchev–Trinajstić information content (AvgIpc) is 3.68. The van der Waals surface area contributed by atoms with Crippen LogP contribution < -0.4 is 4.74 Å². The van der Waals surface area contributed by atoms with Crippen LogP contribution in [0.2, 0.25) is 0 Å².